The number of hydrogen-bond acceptors (Lipinski definition) is 5. The van der Waals surface area contributed by atoms with Gasteiger partial charge >= 0.3 is 0 Å². The molecular weight excluding hydrogens is 471 g/mol. The molecule has 0 aliphatic rings. The predicted octanol–water partition coefficient (Wildman–Crippen LogP) is 3.30. The van der Waals surface area contributed by atoms with Crippen LogP contribution in [0.4, 0.5) is 0 Å². The number of nitrogens with zero attached hydrogens (tertiary/aromatic N) is 2. The maximum absolute atomic E-state index is 5.52. The maximum atomic E-state index is 5.52. The van der Waals surface area contributed by atoms with Crippen molar-refractivity contribution in [2.24, 2.45) is 4.99 Å². The van der Waals surface area contributed by atoms with Crippen LogP contribution in [0.2, 0.25) is 0 Å². The van der Waals surface area contributed by atoms with Gasteiger partial charge in [0.1, 0.15) is 6.61 Å². The van der Waals surface area contributed by atoms with E-state index in [2.05, 4.69) is 40.6 Å². The molecule has 2 rings (SSSR count). The Morgan fingerprint density at radius 3 is 2.61 bits per heavy atom. The van der Waals surface area contributed by atoms with Crippen molar-refractivity contribution in [3.05, 3.63) is 41.3 Å². The van der Waals surface area contributed by atoms with Gasteiger partial charge in [0.05, 0.1) is 19.3 Å². The first-order chi connectivity index (χ1) is 13.1. The Kier molecular flexibility index (Phi) is 10.2. The summed E-state index contributed by atoms with van der Waals surface area (Å²) in [5.41, 5.74) is 1.94. The molecule has 2 N–H and O–H groups in total. The molecular formula is C20H27IN4O3. The summed E-state index contributed by atoms with van der Waals surface area (Å²) >= 11 is 0. The Balaban J connectivity index is 0.00000392. The van der Waals surface area contributed by atoms with Gasteiger partial charge in [-0.1, -0.05) is 31.0 Å². The first kappa shape index (κ1) is 23.6. The van der Waals surface area contributed by atoms with Crippen molar-refractivity contribution >= 4 is 29.9 Å². The van der Waals surface area contributed by atoms with Gasteiger partial charge in [-0.2, -0.15) is 0 Å². The molecule has 0 amide bonds. The van der Waals surface area contributed by atoms with Gasteiger partial charge in [0.2, 0.25) is 0 Å². The smallest absolute Gasteiger partial charge is 0.191 e. The number of aliphatic imine (C=N–C) groups is 1. The average molecular weight is 498 g/mol. The third kappa shape index (κ3) is 6.96. The minimum atomic E-state index is 0. The van der Waals surface area contributed by atoms with E-state index in [4.69, 9.17) is 20.4 Å². The third-order valence-electron chi connectivity index (χ3n) is 3.82. The molecule has 0 saturated heterocycles. The fraction of sp³-hybridized carbons (Fsp3) is 0.400. The van der Waals surface area contributed by atoms with Crippen molar-refractivity contribution in [3.63, 3.8) is 0 Å². The number of halogens is 1. The molecule has 0 unspecified atom stereocenters. The molecule has 1 heterocycles. The van der Waals surface area contributed by atoms with Crippen LogP contribution < -0.4 is 20.1 Å². The highest BCUT2D eigenvalue weighted by molar-refractivity contribution is 14.0. The molecule has 0 atom stereocenters. The molecule has 0 radical (unpaired) electrons. The van der Waals surface area contributed by atoms with Gasteiger partial charge in [-0.3, -0.25) is 4.99 Å². The molecule has 7 nitrogen and oxygen atoms in total. The third-order valence-corrected chi connectivity index (χ3v) is 3.82. The summed E-state index contributed by atoms with van der Waals surface area (Å²) < 4.78 is 16.1. The van der Waals surface area contributed by atoms with E-state index >= 15 is 0 Å². The fourth-order valence-corrected chi connectivity index (χ4v) is 2.32. The molecule has 0 spiro atoms. The zero-order valence-corrected chi connectivity index (χ0v) is 18.9. The van der Waals surface area contributed by atoms with E-state index in [1.54, 1.807) is 14.2 Å². The molecule has 0 bridgehead atoms. The topological polar surface area (TPSA) is 80.9 Å². The molecule has 1 aromatic heterocycles. The van der Waals surface area contributed by atoms with Crippen molar-refractivity contribution in [2.75, 3.05) is 20.8 Å². The summed E-state index contributed by atoms with van der Waals surface area (Å²) in [6.45, 7) is 5.40. The van der Waals surface area contributed by atoms with E-state index in [0.29, 0.717) is 36.5 Å². The molecule has 0 aliphatic heterocycles. The van der Waals surface area contributed by atoms with Crippen molar-refractivity contribution in [3.8, 4) is 23.8 Å². The van der Waals surface area contributed by atoms with Gasteiger partial charge in [0.15, 0.2) is 23.2 Å². The van der Waals surface area contributed by atoms with Crippen LogP contribution in [0.1, 0.15) is 36.8 Å². The number of ether oxygens (including phenoxy) is 2. The molecule has 2 aromatic rings. The molecule has 28 heavy (non-hydrogen) atoms. The SMILES string of the molecule is C#CCOc1cc(CNC(=NC)NCc2cc(C(C)C)no2)ccc1OC.I. The van der Waals surface area contributed by atoms with Gasteiger partial charge in [0.25, 0.3) is 0 Å². The number of benzene rings is 1. The van der Waals surface area contributed by atoms with E-state index in [1.807, 2.05) is 24.3 Å². The lowest BCUT2D eigenvalue weighted by Gasteiger charge is -2.13. The van der Waals surface area contributed by atoms with Crippen LogP contribution in [-0.2, 0) is 13.1 Å². The van der Waals surface area contributed by atoms with Gasteiger partial charge in [-0.25, -0.2) is 0 Å². The van der Waals surface area contributed by atoms with E-state index < -0.39 is 0 Å². The Bertz CT molecular complexity index is 812. The first-order valence-corrected chi connectivity index (χ1v) is 8.70. The minimum Gasteiger partial charge on any atom is -0.493 e. The Labute approximate surface area is 183 Å². The summed E-state index contributed by atoms with van der Waals surface area (Å²) in [6.07, 6.45) is 5.26. The Morgan fingerprint density at radius 2 is 2.00 bits per heavy atom. The van der Waals surface area contributed by atoms with E-state index in [1.165, 1.54) is 0 Å². The zero-order valence-electron chi connectivity index (χ0n) is 16.6. The lowest BCUT2D eigenvalue weighted by molar-refractivity contribution is 0.330. The number of aromatic nitrogens is 1. The summed E-state index contributed by atoms with van der Waals surface area (Å²) in [4.78, 5) is 4.22. The van der Waals surface area contributed by atoms with E-state index in [9.17, 15) is 0 Å². The molecule has 1 aromatic carbocycles. The van der Waals surface area contributed by atoms with Gasteiger partial charge in [-0.15, -0.1) is 30.4 Å². The van der Waals surface area contributed by atoms with Crippen molar-refractivity contribution in [2.45, 2.75) is 32.9 Å². The predicted molar refractivity (Wildman–Crippen MR) is 120 cm³/mol. The fourth-order valence-electron chi connectivity index (χ4n) is 2.32. The summed E-state index contributed by atoms with van der Waals surface area (Å²) in [7, 11) is 3.31. The van der Waals surface area contributed by atoms with E-state index in [-0.39, 0.29) is 30.6 Å². The van der Waals surface area contributed by atoms with Crippen molar-refractivity contribution < 1.29 is 14.0 Å². The van der Waals surface area contributed by atoms with Crippen LogP contribution in [0.3, 0.4) is 0 Å². The quantitative estimate of drug-likeness (QED) is 0.252. The highest BCUT2D eigenvalue weighted by Gasteiger charge is 2.09. The van der Waals surface area contributed by atoms with Crippen LogP contribution in [-0.4, -0.2) is 31.9 Å². The number of rotatable bonds is 8. The Hall–Kier alpha value is -2.41. The molecule has 152 valence electrons. The standard InChI is InChI=1S/C20H26N4O3.HI/c1-6-9-26-19-10-15(7-8-18(19)25-5)12-22-20(21-4)23-13-16-11-17(14(2)3)24-27-16;/h1,7-8,10-11,14H,9,12-13H2,2-5H3,(H2,21,22,23);1H. The molecule has 0 fully saturated rings. The lowest BCUT2D eigenvalue weighted by atomic mass is 10.1. The number of terminal acetylenes is 1. The van der Waals surface area contributed by atoms with Gasteiger partial charge in [-0.05, 0) is 23.6 Å². The molecule has 0 saturated carbocycles. The highest BCUT2D eigenvalue weighted by atomic mass is 127. The van der Waals surface area contributed by atoms with Crippen molar-refractivity contribution in [1.29, 1.82) is 0 Å². The molecule has 8 heteroatoms. The maximum Gasteiger partial charge on any atom is 0.191 e. The summed E-state index contributed by atoms with van der Waals surface area (Å²) in [6, 6.07) is 7.64. The monoisotopic (exact) mass is 498 g/mol. The van der Waals surface area contributed by atoms with Crippen LogP contribution in [0.15, 0.2) is 33.8 Å². The highest BCUT2D eigenvalue weighted by Crippen LogP contribution is 2.27. The normalized spacial score (nSPS) is 10.8. The van der Waals surface area contributed by atoms with Crippen LogP contribution in [0.5, 0.6) is 11.5 Å². The zero-order chi connectivity index (χ0) is 19.6. The lowest BCUT2D eigenvalue weighted by Crippen LogP contribution is -2.36. The Morgan fingerprint density at radius 1 is 1.25 bits per heavy atom. The van der Waals surface area contributed by atoms with Crippen LogP contribution in [0, 0.1) is 12.3 Å². The van der Waals surface area contributed by atoms with Crippen LogP contribution in [0.25, 0.3) is 0 Å². The van der Waals surface area contributed by atoms with Gasteiger partial charge < -0.3 is 24.6 Å². The second-order valence-electron chi connectivity index (χ2n) is 6.13. The first-order valence-electron chi connectivity index (χ1n) is 8.70. The van der Waals surface area contributed by atoms with E-state index in [0.717, 1.165) is 17.0 Å². The van der Waals surface area contributed by atoms with Crippen molar-refractivity contribution in [1.82, 2.24) is 15.8 Å². The summed E-state index contributed by atoms with van der Waals surface area (Å²) in [5, 5.41) is 10.5. The number of guanidine groups is 1. The second kappa shape index (κ2) is 12.1. The second-order valence-corrected chi connectivity index (χ2v) is 6.13. The number of hydrogen-bond donors (Lipinski definition) is 2. The summed E-state index contributed by atoms with van der Waals surface area (Å²) in [5.74, 6) is 5.45. The largest absolute Gasteiger partial charge is 0.493 e. The number of nitrogens with one attached hydrogen (secondary N) is 2. The molecule has 0 aliphatic carbocycles. The number of methoxy groups -OCH3 is 1. The minimum absolute atomic E-state index is 0. The van der Waals surface area contributed by atoms with Gasteiger partial charge in [0, 0.05) is 19.7 Å². The van der Waals surface area contributed by atoms with Crippen LogP contribution >= 0.6 is 24.0 Å². The average Bonchev–Trinajstić information content (AvgIpc) is 3.16.